The molecule has 0 saturated heterocycles. The Morgan fingerprint density at radius 2 is 1.73 bits per heavy atom. The molecule has 1 atom stereocenters. The van der Waals surface area contributed by atoms with E-state index < -0.39 is 16.8 Å². The average Bonchev–Trinajstić information content (AvgIpc) is 3.00. The van der Waals surface area contributed by atoms with E-state index in [1.54, 1.807) is 6.92 Å². The predicted molar refractivity (Wildman–Crippen MR) is 106 cm³/mol. The minimum absolute atomic E-state index is 0.312. The molecule has 2 aromatic carbocycles. The molecule has 0 aromatic heterocycles. The molecule has 26 heavy (non-hydrogen) atoms. The molecule has 2 aromatic rings. The average molecular weight is 370 g/mol. The van der Waals surface area contributed by atoms with Crippen LogP contribution in [0.2, 0.25) is 0 Å². The molecule has 1 amide bonds. The minimum atomic E-state index is -0.640. The van der Waals surface area contributed by atoms with Crippen LogP contribution in [0.3, 0.4) is 0 Å². The van der Waals surface area contributed by atoms with Gasteiger partial charge in [-0.25, -0.2) is 4.79 Å². The Morgan fingerprint density at radius 1 is 1.08 bits per heavy atom. The molecule has 1 aliphatic heterocycles. The Balaban J connectivity index is 1.85. The summed E-state index contributed by atoms with van der Waals surface area (Å²) in [6.07, 6.45) is -0.440. The molecule has 0 saturated carbocycles. The Hall–Kier alpha value is -2.44. The standard InChI is InChI=1S/C20H22N2O3S/c1-3-25-20(23)22-21-16(2)19(18-12-8-5-9-13-18)26(22)15-24-14-17-10-6-4-7-11-17/h4-13H,3,14-15H2,1-2H3. The molecule has 0 spiro atoms. The number of nitrogens with zero attached hydrogens (tertiary/aromatic N) is 2. The van der Waals surface area contributed by atoms with Gasteiger partial charge >= 0.3 is 6.09 Å². The van der Waals surface area contributed by atoms with Crippen LogP contribution in [-0.2, 0) is 16.1 Å². The molecule has 1 heterocycles. The number of rotatable bonds is 6. The lowest BCUT2D eigenvalue weighted by molar-refractivity contribution is 0.131. The van der Waals surface area contributed by atoms with Crippen LogP contribution >= 0.6 is 10.7 Å². The summed E-state index contributed by atoms with van der Waals surface area (Å²) >= 11 is 0. The summed E-state index contributed by atoms with van der Waals surface area (Å²) in [7, 11) is -0.640. The lowest BCUT2D eigenvalue weighted by atomic mass is 10.1. The van der Waals surface area contributed by atoms with Crippen molar-refractivity contribution >= 4 is 27.3 Å². The molecule has 6 heteroatoms. The quantitative estimate of drug-likeness (QED) is 0.708. The highest BCUT2D eigenvalue weighted by molar-refractivity contribution is 8.15. The van der Waals surface area contributed by atoms with Gasteiger partial charge in [-0.1, -0.05) is 60.7 Å². The fourth-order valence-corrected chi connectivity index (χ4v) is 4.53. The molecule has 5 nitrogen and oxygen atoms in total. The van der Waals surface area contributed by atoms with E-state index in [4.69, 9.17) is 9.47 Å². The van der Waals surface area contributed by atoms with Gasteiger partial charge in [0.05, 0.1) is 23.8 Å². The van der Waals surface area contributed by atoms with Gasteiger partial charge in [-0.2, -0.15) is 5.10 Å². The molecule has 3 rings (SSSR count). The van der Waals surface area contributed by atoms with Crippen LogP contribution < -0.4 is 0 Å². The third-order valence-electron chi connectivity index (χ3n) is 3.78. The van der Waals surface area contributed by atoms with Crippen molar-refractivity contribution in [2.75, 3.05) is 12.5 Å². The Kier molecular flexibility index (Phi) is 6.20. The molecule has 1 aliphatic rings. The van der Waals surface area contributed by atoms with Crippen LogP contribution in [0.4, 0.5) is 4.79 Å². The Bertz CT molecular complexity index is 819. The van der Waals surface area contributed by atoms with Crippen LogP contribution in [0.1, 0.15) is 25.0 Å². The normalized spacial score (nSPS) is 16.5. The van der Waals surface area contributed by atoms with Crippen molar-refractivity contribution < 1.29 is 14.3 Å². The van der Waals surface area contributed by atoms with E-state index in [-0.39, 0.29) is 0 Å². The van der Waals surface area contributed by atoms with Crippen molar-refractivity contribution in [3.05, 3.63) is 71.8 Å². The molecule has 0 fully saturated rings. The fourth-order valence-electron chi connectivity index (χ4n) is 2.65. The highest BCUT2D eigenvalue weighted by Crippen LogP contribution is 2.32. The summed E-state index contributed by atoms with van der Waals surface area (Å²) in [5.74, 6) is 0.374. The first kappa shape index (κ1) is 18.4. The molecule has 136 valence electrons. The number of amides is 1. The van der Waals surface area contributed by atoms with Crippen molar-refractivity contribution in [2.24, 2.45) is 5.10 Å². The summed E-state index contributed by atoms with van der Waals surface area (Å²) < 4.78 is 12.5. The van der Waals surface area contributed by atoms with Gasteiger partial charge in [-0.3, -0.25) is 0 Å². The molecule has 0 aliphatic carbocycles. The Labute approximate surface area is 156 Å². The van der Waals surface area contributed by atoms with Gasteiger partial charge in [0.25, 0.3) is 0 Å². The lowest BCUT2D eigenvalue weighted by Crippen LogP contribution is -2.22. The van der Waals surface area contributed by atoms with Gasteiger partial charge in [0.2, 0.25) is 0 Å². The number of benzene rings is 2. The molecular formula is C20H22N2O3S. The van der Waals surface area contributed by atoms with Crippen molar-refractivity contribution in [3.63, 3.8) is 0 Å². The maximum Gasteiger partial charge on any atom is 0.440 e. The van der Waals surface area contributed by atoms with Gasteiger partial charge in [0.1, 0.15) is 5.94 Å². The maximum absolute atomic E-state index is 12.3. The zero-order valence-corrected chi connectivity index (χ0v) is 15.7. The number of hydrogen-bond donors (Lipinski definition) is 0. The van der Waals surface area contributed by atoms with E-state index in [2.05, 4.69) is 5.10 Å². The van der Waals surface area contributed by atoms with Crippen molar-refractivity contribution in [3.8, 4) is 0 Å². The zero-order chi connectivity index (χ0) is 18.4. The van der Waals surface area contributed by atoms with Gasteiger partial charge < -0.3 is 9.47 Å². The van der Waals surface area contributed by atoms with Crippen molar-refractivity contribution in [2.45, 2.75) is 20.5 Å². The smallest absolute Gasteiger partial charge is 0.440 e. The third-order valence-corrected chi connectivity index (χ3v) is 5.82. The third kappa shape index (κ3) is 4.20. The van der Waals surface area contributed by atoms with Crippen LogP contribution in [0, 0.1) is 0 Å². The number of carbonyl (C=O) groups excluding carboxylic acids is 1. The maximum atomic E-state index is 12.3. The fraction of sp³-hybridized carbons (Fsp3) is 0.250. The topological polar surface area (TPSA) is 51.1 Å². The van der Waals surface area contributed by atoms with Gasteiger partial charge in [-0.15, -0.1) is 4.41 Å². The van der Waals surface area contributed by atoms with Crippen molar-refractivity contribution in [1.29, 1.82) is 0 Å². The number of carbonyl (C=O) groups is 1. The molecule has 0 radical (unpaired) electrons. The van der Waals surface area contributed by atoms with Crippen LogP contribution in [-0.4, -0.2) is 33.6 Å². The van der Waals surface area contributed by atoms with Gasteiger partial charge in [-0.05, 0) is 35.6 Å². The van der Waals surface area contributed by atoms with Crippen LogP contribution in [0.25, 0.3) is 0 Å². The first-order valence-electron chi connectivity index (χ1n) is 8.48. The molecular weight excluding hydrogens is 348 g/mol. The molecule has 0 bridgehead atoms. The highest BCUT2D eigenvalue weighted by atomic mass is 32.2. The predicted octanol–water partition coefficient (Wildman–Crippen LogP) is 4.41. The van der Waals surface area contributed by atoms with Gasteiger partial charge in [0.15, 0.2) is 0 Å². The summed E-state index contributed by atoms with van der Waals surface area (Å²) in [5.41, 5.74) is 2.96. The van der Waals surface area contributed by atoms with Crippen molar-refractivity contribution in [1.82, 2.24) is 4.41 Å². The number of ether oxygens (including phenoxy) is 2. The Morgan fingerprint density at radius 3 is 2.38 bits per heavy atom. The molecule has 1 unspecified atom stereocenters. The second-order valence-electron chi connectivity index (χ2n) is 5.67. The summed E-state index contributed by atoms with van der Waals surface area (Å²) in [5, 5.41) is 4.44. The van der Waals surface area contributed by atoms with E-state index in [0.29, 0.717) is 19.2 Å². The number of hydrogen-bond acceptors (Lipinski definition) is 4. The van der Waals surface area contributed by atoms with E-state index in [1.165, 1.54) is 4.41 Å². The first-order valence-corrected chi connectivity index (χ1v) is 9.83. The van der Waals surface area contributed by atoms with E-state index in [9.17, 15) is 4.79 Å². The molecule has 0 N–H and O–H groups in total. The monoisotopic (exact) mass is 370 g/mol. The SMILES string of the molecule is CCOC(=O)N1N=C(C)C(c2ccccc2)=S1COCc1ccccc1. The van der Waals surface area contributed by atoms with E-state index >= 15 is 0 Å². The summed E-state index contributed by atoms with van der Waals surface area (Å²) in [4.78, 5) is 13.4. The summed E-state index contributed by atoms with van der Waals surface area (Å²) in [6.45, 7) is 4.50. The lowest BCUT2D eigenvalue weighted by Gasteiger charge is -2.18. The number of hydrazone groups is 1. The largest absolute Gasteiger partial charge is 0.448 e. The van der Waals surface area contributed by atoms with Gasteiger partial charge in [0, 0.05) is 0 Å². The zero-order valence-electron chi connectivity index (χ0n) is 14.9. The first-order chi connectivity index (χ1) is 12.7. The highest BCUT2D eigenvalue weighted by Gasteiger charge is 2.29. The van der Waals surface area contributed by atoms with E-state index in [1.807, 2.05) is 67.6 Å². The second kappa shape index (κ2) is 8.78. The van der Waals surface area contributed by atoms with E-state index in [0.717, 1.165) is 21.7 Å². The minimum Gasteiger partial charge on any atom is -0.448 e. The summed E-state index contributed by atoms with van der Waals surface area (Å²) in [6, 6.07) is 20.0. The van der Waals surface area contributed by atoms with Crippen LogP contribution in [0.15, 0.2) is 65.8 Å². The second-order valence-corrected chi connectivity index (χ2v) is 7.39. The van der Waals surface area contributed by atoms with Crippen LogP contribution in [0.5, 0.6) is 0 Å².